The van der Waals surface area contributed by atoms with Crippen LogP contribution in [0.1, 0.15) is 22.8 Å². The molecule has 1 aromatic rings. The highest BCUT2D eigenvalue weighted by atomic mass is 16.5. The number of carbonyl (C=O) groups is 1. The molecule has 0 unspecified atom stereocenters. The molecule has 0 spiro atoms. The largest absolute Gasteiger partial charge is 0.493 e. The summed E-state index contributed by atoms with van der Waals surface area (Å²) in [6.45, 7) is 5.42. The van der Waals surface area contributed by atoms with Gasteiger partial charge < -0.3 is 19.3 Å². The molecule has 21 heavy (non-hydrogen) atoms. The van der Waals surface area contributed by atoms with Crippen molar-refractivity contribution in [3.8, 4) is 11.5 Å². The van der Waals surface area contributed by atoms with Crippen LogP contribution in [-0.4, -0.2) is 63.2 Å². The quantitative estimate of drug-likeness (QED) is 0.846. The maximum absolute atomic E-state index is 12.8. The number of aryl methyl sites for hydroxylation is 1. The van der Waals surface area contributed by atoms with Gasteiger partial charge in [-0.1, -0.05) is 6.92 Å². The Morgan fingerprint density at radius 1 is 1.10 bits per heavy atom. The van der Waals surface area contributed by atoms with E-state index in [1.807, 2.05) is 17.9 Å². The van der Waals surface area contributed by atoms with Gasteiger partial charge in [0.15, 0.2) is 11.5 Å². The first kappa shape index (κ1) is 15.6. The normalized spacial score (nSPS) is 15.9. The summed E-state index contributed by atoms with van der Waals surface area (Å²) < 4.78 is 10.6. The fourth-order valence-corrected chi connectivity index (χ4v) is 2.59. The van der Waals surface area contributed by atoms with Crippen molar-refractivity contribution in [3.05, 3.63) is 23.3 Å². The first-order chi connectivity index (χ1) is 10.1. The van der Waals surface area contributed by atoms with Crippen LogP contribution in [-0.2, 0) is 6.42 Å². The summed E-state index contributed by atoms with van der Waals surface area (Å²) in [7, 11) is 5.28. The van der Waals surface area contributed by atoms with Gasteiger partial charge in [0, 0.05) is 31.7 Å². The number of likely N-dealkylation sites (N-methyl/N-ethyl adjacent to an activating group) is 1. The highest BCUT2D eigenvalue weighted by Gasteiger charge is 2.23. The molecule has 0 N–H and O–H groups in total. The summed E-state index contributed by atoms with van der Waals surface area (Å²) in [5.41, 5.74) is 1.72. The van der Waals surface area contributed by atoms with Gasteiger partial charge in [0.05, 0.1) is 14.2 Å². The predicted octanol–water partition coefficient (Wildman–Crippen LogP) is 1.65. The Bertz CT molecular complexity index is 508. The second-order valence-electron chi connectivity index (χ2n) is 5.31. The zero-order valence-electron chi connectivity index (χ0n) is 13.3. The van der Waals surface area contributed by atoms with Crippen LogP contribution in [0.3, 0.4) is 0 Å². The lowest BCUT2D eigenvalue weighted by Gasteiger charge is -2.33. The molecule has 2 rings (SSSR count). The van der Waals surface area contributed by atoms with Crippen molar-refractivity contribution < 1.29 is 14.3 Å². The molecule has 1 aliphatic heterocycles. The average Bonchev–Trinajstić information content (AvgIpc) is 2.53. The lowest BCUT2D eigenvalue weighted by Crippen LogP contribution is -2.47. The first-order valence-corrected chi connectivity index (χ1v) is 7.33. The van der Waals surface area contributed by atoms with Crippen LogP contribution in [0.4, 0.5) is 0 Å². The molecular formula is C16H24N2O3. The van der Waals surface area contributed by atoms with E-state index in [1.54, 1.807) is 20.3 Å². The maximum atomic E-state index is 12.8. The number of amides is 1. The van der Waals surface area contributed by atoms with Gasteiger partial charge in [0.1, 0.15) is 0 Å². The molecule has 0 aliphatic carbocycles. The Morgan fingerprint density at radius 3 is 2.19 bits per heavy atom. The van der Waals surface area contributed by atoms with Crippen LogP contribution < -0.4 is 9.47 Å². The first-order valence-electron chi connectivity index (χ1n) is 7.33. The van der Waals surface area contributed by atoms with Crippen molar-refractivity contribution in [2.75, 3.05) is 47.4 Å². The van der Waals surface area contributed by atoms with E-state index in [0.29, 0.717) is 11.5 Å². The van der Waals surface area contributed by atoms with Crippen LogP contribution in [0.25, 0.3) is 0 Å². The van der Waals surface area contributed by atoms with Gasteiger partial charge in [-0.2, -0.15) is 0 Å². The Kier molecular flexibility index (Phi) is 5.07. The van der Waals surface area contributed by atoms with Gasteiger partial charge >= 0.3 is 0 Å². The summed E-state index contributed by atoms with van der Waals surface area (Å²) in [4.78, 5) is 16.9. The van der Waals surface area contributed by atoms with Crippen molar-refractivity contribution in [3.63, 3.8) is 0 Å². The lowest BCUT2D eigenvalue weighted by molar-refractivity contribution is 0.0662. The number of piperazine rings is 1. The Morgan fingerprint density at radius 2 is 1.67 bits per heavy atom. The van der Waals surface area contributed by atoms with Crippen LogP contribution in [0, 0.1) is 0 Å². The number of benzene rings is 1. The van der Waals surface area contributed by atoms with Gasteiger partial charge in [0.2, 0.25) is 0 Å². The van der Waals surface area contributed by atoms with E-state index in [0.717, 1.165) is 43.7 Å². The summed E-state index contributed by atoms with van der Waals surface area (Å²) >= 11 is 0. The Balaban J connectivity index is 2.31. The van der Waals surface area contributed by atoms with Crippen LogP contribution in [0.15, 0.2) is 12.1 Å². The second kappa shape index (κ2) is 6.80. The van der Waals surface area contributed by atoms with E-state index in [1.165, 1.54) is 0 Å². The van der Waals surface area contributed by atoms with Crippen molar-refractivity contribution in [1.29, 1.82) is 0 Å². The van der Waals surface area contributed by atoms with E-state index in [4.69, 9.17) is 9.47 Å². The van der Waals surface area contributed by atoms with Crippen molar-refractivity contribution in [1.82, 2.24) is 9.80 Å². The number of hydrogen-bond donors (Lipinski definition) is 0. The van der Waals surface area contributed by atoms with Gasteiger partial charge in [-0.15, -0.1) is 0 Å². The molecule has 0 bridgehead atoms. The van der Waals surface area contributed by atoms with E-state index >= 15 is 0 Å². The van der Waals surface area contributed by atoms with Crippen molar-refractivity contribution in [2.24, 2.45) is 0 Å². The van der Waals surface area contributed by atoms with Gasteiger partial charge in [-0.25, -0.2) is 0 Å². The summed E-state index contributed by atoms with van der Waals surface area (Å²) in [6.07, 6.45) is 0.787. The highest BCUT2D eigenvalue weighted by Crippen LogP contribution is 2.31. The minimum Gasteiger partial charge on any atom is -0.493 e. The third-order valence-corrected chi connectivity index (χ3v) is 4.01. The highest BCUT2D eigenvalue weighted by molar-refractivity contribution is 5.96. The van der Waals surface area contributed by atoms with Crippen LogP contribution >= 0.6 is 0 Å². The fourth-order valence-electron chi connectivity index (χ4n) is 2.59. The molecule has 1 aromatic carbocycles. The molecule has 0 saturated carbocycles. The van der Waals surface area contributed by atoms with Crippen molar-refractivity contribution in [2.45, 2.75) is 13.3 Å². The number of rotatable bonds is 4. The van der Waals surface area contributed by atoms with Crippen molar-refractivity contribution >= 4 is 5.91 Å². The standard InChI is InChI=1S/C16H24N2O3/c1-5-12-10-14(20-3)15(21-4)11-13(12)16(19)18-8-6-17(2)7-9-18/h10-11H,5-9H2,1-4H3. The summed E-state index contributed by atoms with van der Waals surface area (Å²) in [6, 6.07) is 3.71. The zero-order chi connectivity index (χ0) is 15.4. The molecule has 1 amide bonds. The lowest BCUT2D eigenvalue weighted by atomic mass is 10.0. The fraction of sp³-hybridized carbons (Fsp3) is 0.562. The molecule has 1 aliphatic rings. The molecule has 1 fully saturated rings. The molecular weight excluding hydrogens is 268 g/mol. The molecule has 1 heterocycles. The van der Waals surface area contributed by atoms with E-state index < -0.39 is 0 Å². The monoisotopic (exact) mass is 292 g/mol. The Hall–Kier alpha value is -1.75. The van der Waals surface area contributed by atoms with E-state index in [9.17, 15) is 4.79 Å². The molecule has 1 saturated heterocycles. The van der Waals surface area contributed by atoms with Crippen LogP contribution in [0.2, 0.25) is 0 Å². The average molecular weight is 292 g/mol. The number of carbonyl (C=O) groups excluding carboxylic acids is 1. The predicted molar refractivity (Wildman–Crippen MR) is 82.3 cm³/mol. The van der Waals surface area contributed by atoms with Gasteiger partial charge in [0.25, 0.3) is 5.91 Å². The molecule has 0 aromatic heterocycles. The Labute approximate surface area is 126 Å². The van der Waals surface area contributed by atoms with Gasteiger partial charge in [-0.3, -0.25) is 4.79 Å². The molecule has 5 nitrogen and oxygen atoms in total. The third-order valence-electron chi connectivity index (χ3n) is 4.01. The minimum atomic E-state index is 0.0842. The summed E-state index contributed by atoms with van der Waals surface area (Å²) in [5.74, 6) is 1.36. The van der Waals surface area contributed by atoms with E-state index in [-0.39, 0.29) is 5.91 Å². The second-order valence-corrected chi connectivity index (χ2v) is 5.31. The number of hydrogen-bond acceptors (Lipinski definition) is 4. The minimum absolute atomic E-state index is 0.0842. The zero-order valence-corrected chi connectivity index (χ0v) is 13.3. The van der Waals surface area contributed by atoms with Gasteiger partial charge in [-0.05, 0) is 31.2 Å². The third kappa shape index (κ3) is 3.29. The SMILES string of the molecule is CCc1cc(OC)c(OC)cc1C(=O)N1CCN(C)CC1. The molecule has 0 radical (unpaired) electrons. The topological polar surface area (TPSA) is 42.0 Å². The summed E-state index contributed by atoms with van der Waals surface area (Å²) in [5, 5.41) is 0. The number of methoxy groups -OCH3 is 2. The molecule has 0 atom stereocenters. The van der Waals surface area contributed by atoms with E-state index in [2.05, 4.69) is 11.9 Å². The number of ether oxygens (including phenoxy) is 2. The molecule has 116 valence electrons. The smallest absolute Gasteiger partial charge is 0.254 e. The maximum Gasteiger partial charge on any atom is 0.254 e. The number of nitrogens with zero attached hydrogens (tertiary/aromatic N) is 2. The van der Waals surface area contributed by atoms with Crippen LogP contribution in [0.5, 0.6) is 11.5 Å². The molecule has 5 heteroatoms.